The highest BCUT2D eigenvalue weighted by Crippen LogP contribution is 2.17. The summed E-state index contributed by atoms with van der Waals surface area (Å²) in [6, 6.07) is 0. The zero-order valence-corrected chi connectivity index (χ0v) is 4.70. The van der Waals surface area contributed by atoms with Crippen LogP contribution in [0.3, 0.4) is 0 Å². The van der Waals surface area contributed by atoms with Gasteiger partial charge in [0, 0.05) is 0 Å². The van der Waals surface area contributed by atoms with Crippen LogP contribution in [-0.2, 0) is 4.74 Å². The first-order valence-corrected chi connectivity index (χ1v) is 2.37. The van der Waals surface area contributed by atoms with Gasteiger partial charge in [0.05, 0.1) is 6.67 Å². The number of hydrogen-bond acceptors (Lipinski definition) is 3. The van der Waals surface area contributed by atoms with E-state index in [4.69, 9.17) is 0 Å². The molecule has 0 bridgehead atoms. The molecule has 0 amide bonds. The van der Waals surface area contributed by atoms with E-state index in [0.29, 0.717) is 0 Å². The van der Waals surface area contributed by atoms with Crippen LogP contribution in [-0.4, -0.2) is 18.9 Å². The lowest BCUT2D eigenvalue weighted by Gasteiger charge is -2.05. The minimum absolute atomic E-state index is 0.0887. The van der Waals surface area contributed by atoms with Crippen LogP contribution in [0, 0.1) is 6.54 Å². The second-order valence-electron chi connectivity index (χ2n) is 1.47. The van der Waals surface area contributed by atoms with Crippen LogP contribution in [0.25, 0.3) is 0 Å². The van der Waals surface area contributed by atoms with Gasteiger partial charge in [-0.3, -0.25) is 5.32 Å². The SMILES string of the molecule is FC(F)(F)OC1=NCN[C]1. The summed E-state index contributed by atoms with van der Waals surface area (Å²) in [4.78, 5) is 3.27. The molecule has 1 aliphatic heterocycles. The number of alkyl halides is 3. The van der Waals surface area contributed by atoms with Crippen LogP contribution in [0.2, 0.25) is 0 Å². The Kier molecular flexibility index (Phi) is 1.80. The number of aliphatic imine (C=N–C) groups is 1. The lowest BCUT2D eigenvalue weighted by atomic mass is 10.7. The van der Waals surface area contributed by atoms with E-state index in [-0.39, 0.29) is 6.67 Å². The highest BCUT2D eigenvalue weighted by molar-refractivity contribution is 5.85. The van der Waals surface area contributed by atoms with Crippen molar-refractivity contribution in [1.82, 2.24) is 5.32 Å². The van der Waals surface area contributed by atoms with Crippen molar-refractivity contribution in [2.24, 2.45) is 4.99 Å². The molecule has 1 rings (SSSR count). The van der Waals surface area contributed by atoms with Gasteiger partial charge in [0.2, 0.25) is 5.90 Å². The quantitative estimate of drug-likeness (QED) is 0.549. The summed E-state index contributed by atoms with van der Waals surface area (Å²) in [5, 5.41) is 2.32. The average Bonchev–Trinajstić information content (AvgIpc) is 2.12. The van der Waals surface area contributed by atoms with Gasteiger partial charge in [-0.05, 0) is 0 Å². The fourth-order valence-electron chi connectivity index (χ4n) is 0.433. The van der Waals surface area contributed by atoms with Gasteiger partial charge in [0.15, 0.2) is 6.54 Å². The number of ether oxygens (including phenoxy) is 1. The van der Waals surface area contributed by atoms with E-state index in [0.717, 1.165) is 0 Å². The molecular weight excluding hydrogens is 149 g/mol. The van der Waals surface area contributed by atoms with E-state index in [1.54, 1.807) is 0 Å². The Morgan fingerprint density at radius 3 is 2.70 bits per heavy atom. The number of halogens is 3. The third kappa shape index (κ3) is 2.22. The van der Waals surface area contributed by atoms with Gasteiger partial charge in [-0.1, -0.05) is 0 Å². The number of nitrogens with one attached hydrogen (secondary N) is 1. The maximum atomic E-state index is 11.3. The molecule has 0 aliphatic carbocycles. The van der Waals surface area contributed by atoms with Crippen molar-refractivity contribution in [3.05, 3.63) is 6.54 Å². The number of nitrogens with zero attached hydrogens (tertiary/aromatic N) is 1. The normalized spacial score (nSPS) is 18.9. The molecule has 0 spiro atoms. The maximum absolute atomic E-state index is 11.3. The molecular formula is C4H3F3N2O. The van der Waals surface area contributed by atoms with Crippen LogP contribution in [0.1, 0.15) is 0 Å². The molecule has 0 fully saturated rings. The largest absolute Gasteiger partial charge is 0.574 e. The smallest absolute Gasteiger partial charge is 0.390 e. The molecule has 1 aliphatic rings. The zero-order chi connectivity index (χ0) is 7.61. The van der Waals surface area contributed by atoms with Crippen molar-refractivity contribution in [2.75, 3.05) is 6.67 Å². The molecule has 2 radical (unpaired) electrons. The first-order valence-electron chi connectivity index (χ1n) is 2.37. The Balaban J connectivity index is 2.38. The maximum Gasteiger partial charge on any atom is 0.574 e. The minimum Gasteiger partial charge on any atom is -0.390 e. The Labute approximate surface area is 54.9 Å². The first-order chi connectivity index (χ1) is 4.58. The molecule has 10 heavy (non-hydrogen) atoms. The van der Waals surface area contributed by atoms with Gasteiger partial charge in [-0.15, -0.1) is 13.2 Å². The third-order valence-electron chi connectivity index (χ3n) is 0.709. The van der Waals surface area contributed by atoms with Crippen molar-refractivity contribution < 1.29 is 17.9 Å². The van der Waals surface area contributed by atoms with E-state index in [2.05, 4.69) is 21.6 Å². The van der Waals surface area contributed by atoms with E-state index >= 15 is 0 Å². The Morgan fingerprint density at radius 2 is 2.30 bits per heavy atom. The standard InChI is InChI=1S/C4H3F3N2O/c5-4(6,7)10-3-1-8-2-9-3/h8H,2H2. The van der Waals surface area contributed by atoms with E-state index in [1.807, 2.05) is 0 Å². The van der Waals surface area contributed by atoms with Crippen LogP contribution < -0.4 is 5.32 Å². The summed E-state index contributed by atoms with van der Waals surface area (Å²) in [5.74, 6) is -0.549. The fourth-order valence-corrected chi connectivity index (χ4v) is 0.433. The minimum atomic E-state index is -4.67. The zero-order valence-electron chi connectivity index (χ0n) is 4.70. The summed E-state index contributed by atoms with van der Waals surface area (Å²) in [5.41, 5.74) is 0. The van der Waals surface area contributed by atoms with Crippen LogP contribution >= 0.6 is 0 Å². The van der Waals surface area contributed by atoms with Gasteiger partial charge < -0.3 is 4.74 Å². The molecule has 1 heterocycles. The Bertz CT molecular complexity index is 153. The topological polar surface area (TPSA) is 33.6 Å². The van der Waals surface area contributed by atoms with E-state index < -0.39 is 12.3 Å². The lowest BCUT2D eigenvalue weighted by Crippen LogP contribution is -2.19. The lowest BCUT2D eigenvalue weighted by molar-refractivity contribution is -0.283. The van der Waals surface area contributed by atoms with Crippen molar-refractivity contribution in [1.29, 1.82) is 0 Å². The average molecular weight is 152 g/mol. The van der Waals surface area contributed by atoms with Crippen LogP contribution in [0.15, 0.2) is 4.99 Å². The molecule has 0 unspecified atom stereocenters. The van der Waals surface area contributed by atoms with Gasteiger partial charge in [0.25, 0.3) is 0 Å². The van der Waals surface area contributed by atoms with Gasteiger partial charge in [-0.2, -0.15) is 0 Å². The number of hydrogen-bond donors (Lipinski definition) is 1. The summed E-state index contributed by atoms with van der Waals surface area (Å²) < 4.78 is 37.4. The summed E-state index contributed by atoms with van der Waals surface area (Å²) in [6.45, 7) is 2.16. The molecule has 0 atom stereocenters. The molecule has 0 aromatic heterocycles. The van der Waals surface area contributed by atoms with E-state index in [1.165, 1.54) is 0 Å². The van der Waals surface area contributed by atoms with Gasteiger partial charge in [0.1, 0.15) is 0 Å². The molecule has 56 valence electrons. The summed E-state index contributed by atoms with van der Waals surface area (Å²) in [7, 11) is 0. The molecule has 0 saturated carbocycles. The van der Waals surface area contributed by atoms with E-state index in [9.17, 15) is 13.2 Å². The molecule has 3 nitrogen and oxygen atoms in total. The Hall–Kier alpha value is -0.780. The third-order valence-corrected chi connectivity index (χ3v) is 0.709. The predicted octanol–water partition coefficient (Wildman–Crippen LogP) is 0.521. The van der Waals surface area contributed by atoms with Crippen molar-refractivity contribution >= 4 is 5.90 Å². The van der Waals surface area contributed by atoms with Gasteiger partial charge >= 0.3 is 6.36 Å². The van der Waals surface area contributed by atoms with Crippen molar-refractivity contribution in [3.63, 3.8) is 0 Å². The molecule has 6 heteroatoms. The van der Waals surface area contributed by atoms with Crippen molar-refractivity contribution in [2.45, 2.75) is 6.36 Å². The molecule has 0 aromatic rings. The van der Waals surface area contributed by atoms with Crippen molar-refractivity contribution in [3.8, 4) is 0 Å². The second-order valence-corrected chi connectivity index (χ2v) is 1.47. The van der Waals surface area contributed by atoms with Gasteiger partial charge in [-0.25, -0.2) is 4.99 Å². The first kappa shape index (κ1) is 7.33. The van der Waals surface area contributed by atoms with Crippen LogP contribution in [0.5, 0.6) is 0 Å². The second kappa shape index (κ2) is 2.45. The predicted molar refractivity (Wildman–Crippen MR) is 25.8 cm³/mol. The highest BCUT2D eigenvalue weighted by atomic mass is 19.4. The molecule has 1 N–H and O–H groups in total. The summed E-state index contributed by atoms with van der Waals surface area (Å²) in [6.07, 6.45) is -4.67. The molecule has 0 saturated heterocycles. The highest BCUT2D eigenvalue weighted by Gasteiger charge is 2.33. The Morgan fingerprint density at radius 1 is 1.60 bits per heavy atom. The van der Waals surface area contributed by atoms with Crippen LogP contribution in [0.4, 0.5) is 13.2 Å². The summed E-state index contributed by atoms with van der Waals surface area (Å²) >= 11 is 0. The number of rotatable bonds is 0. The monoisotopic (exact) mass is 152 g/mol. The molecule has 0 aromatic carbocycles. The fraction of sp³-hybridized carbons (Fsp3) is 0.500.